The van der Waals surface area contributed by atoms with Crippen LogP contribution in [0, 0.1) is 0 Å². The lowest BCUT2D eigenvalue weighted by molar-refractivity contribution is -0.149. The summed E-state index contributed by atoms with van der Waals surface area (Å²) in [7, 11) is 2.07. The zero-order valence-corrected chi connectivity index (χ0v) is 10.4. The molecule has 92 valence electrons. The van der Waals surface area contributed by atoms with Gasteiger partial charge in [-0.05, 0) is 25.6 Å². The number of hydrogen-bond acceptors (Lipinski definition) is 3. The van der Waals surface area contributed by atoms with Crippen molar-refractivity contribution in [1.29, 1.82) is 0 Å². The minimum atomic E-state index is -0.189. The Balaban J connectivity index is 2.15. The van der Waals surface area contributed by atoms with E-state index in [1.54, 1.807) is 0 Å². The summed E-state index contributed by atoms with van der Waals surface area (Å²) in [4.78, 5) is 13.4. The molecule has 0 radical (unpaired) electrons. The van der Waals surface area contributed by atoms with Crippen LogP contribution in [0.15, 0.2) is 30.3 Å². The van der Waals surface area contributed by atoms with Crippen LogP contribution in [0.2, 0.25) is 0 Å². The number of nitrogens with zero attached hydrogens (tertiary/aromatic N) is 1. The van der Waals surface area contributed by atoms with Crippen molar-refractivity contribution in [3.63, 3.8) is 0 Å². The molecule has 1 saturated heterocycles. The number of ether oxygens (including phenoxy) is 1. The summed E-state index contributed by atoms with van der Waals surface area (Å²) >= 11 is 0. The van der Waals surface area contributed by atoms with E-state index in [0.29, 0.717) is 5.92 Å². The molecule has 2 rings (SSSR count). The molecule has 0 unspecified atom stereocenters. The van der Waals surface area contributed by atoms with Crippen LogP contribution < -0.4 is 0 Å². The van der Waals surface area contributed by atoms with Crippen LogP contribution in [0.3, 0.4) is 0 Å². The number of carbonyl (C=O) groups excluding carboxylic acids is 1. The van der Waals surface area contributed by atoms with Crippen molar-refractivity contribution >= 4 is 5.97 Å². The molecular weight excluding hydrogens is 214 g/mol. The number of hydrogen-bond donors (Lipinski definition) is 0. The second-order valence-electron chi connectivity index (χ2n) is 4.72. The van der Waals surface area contributed by atoms with Gasteiger partial charge in [0.05, 0.1) is 0 Å². The number of rotatable bonds is 2. The van der Waals surface area contributed by atoms with Gasteiger partial charge in [0, 0.05) is 19.4 Å². The molecule has 1 heterocycles. The van der Waals surface area contributed by atoms with Crippen LogP contribution >= 0.6 is 0 Å². The topological polar surface area (TPSA) is 29.5 Å². The highest BCUT2D eigenvalue weighted by molar-refractivity contribution is 5.66. The second-order valence-corrected chi connectivity index (χ2v) is 4.72. The van der Waals surface area contributed by atoms with Crippen LogP contribution in [-0.2, 0) is 9.53 Å². The molecular formula is C14H19NO2. The first kappa shape index (κ1) is 12.1. The van der Waals surface area contributed by atoms with Gasteiger partial charge in [-0.3, -0.25) is 4.79 Å². The summed E-state index contributed by atoms with van der Waals surface area (Å²) in [5.74, 6) is 0.141. The molecule has 0 saturated carbocycles. The molecule has 0 spiro atoms. The van der Waals surface area contributed by atoms with Gasteiger partial charge < -0.3 is 9.64 Å². The molecule has 0 aromatic heterocycles. The molecule has 1 aliphatic rings. The molecule has 1 aromatic carbocycles. The number of likely N-dealkylation sites (tertiary alicyclic amines) is 1. The first-order valence-electron chi connectivity index (χ1n) is 6.07. The van der Waals surface area contributed by atoms with E-state index in [0.717, 1.165) is 19.5 Å². The highest BCUT2D eigenvalue weighted by Gasteiger charge is 2.30. The van der Waals surface area contributed by atoms with E-state index in [2.05, 4.69) is 24.1 Å². The molecule has 17 heavy (non-hydrogen) atoms. The Hall–Kier alpha value is -1.35. The Morgan fingerprint density at radius 2 is 2.06 bits per heavy atom. The van der Waals surface area contributed by atoms with Crippen LogP contribution in [0.5, 0.6) is 0 Å². The number of likely N-dealkylation sites (N-methyl/N-ethyl adjacent to an activating group) is 1. The maximum absolute atomic E-state index is 11.2. The van der Waals surface area contributed by atoms with Gasteiger partial charge in [0.1, 0.15) is 6.10 Å². The standard InChI is InChI=1S/C14H19NO2/c1-11(16)17-14-10-15(2)9-8-13(14)12-6-4-3-5-7-12/h3-7,13-14H,8-10H2,1-2H3/t13-,14+/m1/s1. The fourth-order valence-electron chi connectivity index (χ4n) is 2.49. The zero-order valence-electron chi connectivity index (χ0n) is 10.4. The van der Waals surface area contributed by atoms with E-state index in [1.807, 2.05) is 18.2 Å². The first-order valence-corrected chi connectivity index (χ1v) is 6.07. The maximum atomic E-state index is 11.2. The van der Waals surface area contributed by atoms with Crippen molar-refractivity contribution < 1.29 is 9.53 Å². The fourth-order valence-corrected chi connectivity index (χ4v) is 2.49. The van der Waals surface area contributed by atoms with Crippen LogP contribution in [0.25, 0.3) is 0 Å². The smallest absolute Gasteiger partial charge is 0.302 e. The van der Waals surface area contributed by atoms with E-state index in [9.17, 15) is 4.79 Å². The minimum absolute atomic E-state index is 0.0198. The lowest BCUT2D eigenvalue weighted by Gasteiger charge is -2.36. The molecule has 1 aromatic rings. The van der Waals surface area contributed by atoms with Gasteiger partial charge in [-0.25, -0.2) is 0 Å². The van der Waals surface area contributed by atoms with E-state index in [1.165, 1.54) is 12.5 Å². The number of piperidine rings is 1. The van der Waals surface area contributed by atoms with Gasteiger partial charge in [0.2, 0.25) is 0 Å². The van der Waals surface area contributed by atoms with E-state index in [4.69, 9.17) is 4.74 Å². The quantitative estimate of drug-likeness (QED) is 0.732. The first-order chi connectivity index (χ1) is 8.16. The SMILES string of the molecule is CC(=O)O[C@H]1CN(C)CC[C@@H]1c1ccccc1. The number of esters is 1. The monoisotopic (exact) mass is 233 g/mol. The molecule has 0 N–H and O–H groups in total. The van der Waals surface area contributed by atoms with E-state index < -0.39 is 0 Å². The summed E-state index contributed by atoms with van der Waals surface area (Å²) in [6.07, 6.45) is 1.02. The van der Waals surface area contributed by atoms with E-state index >= 15 is 0 Å². The third-order valence-electron chi connectivity index (χ3n) is 3.31. The van der Waals surface area contributed by atoms with Gasteiger partial charge >= 0.3 is 5.97 Å². The predicted octanol–water partition coefficient (Wildman–Crippen LogP) is 2.04. The Bertz CT molecular complexity index is 377. The van der Waals surface area contributed by atoms with Crippen LogP contribution in [0.4, 0.5) is 0 Å². The van der Waals surface area contributed by atoms with Crippen LogP contribution in [-0.4, -0.2) is 37.1 Å². The predicted molar refractivity (Wildman–Crippen MR) is 66.9 cm³/mol. The molecule has 0 bridgehead atoms. The van der Waals surface area contributed by atoms with Crippen LogP contribution in [0.1, 0.15) is 24.8 Å². The van der Waals surface area contributed by atoms with Gasteiger partial charge in [0.25, 0.3) is 0 Å². The summed E-state index contributed by atoms with van der Waals surface area (Å²) in [5, 5.41) is 0. The molecule has 2 atom stereocenters. The van der Waals surface area contributed by atoms with Gasteiger partial charge in [0.15, 0.2) is 0 Å². The zero-order chi connectivity index (χ0) is 12.3. The highest BCUT2D eigenvalue weighted by atomic mass is 16.5. The van der Waals surface area contributed by atoms with Crippen molar-refractivity contribution in [2.75, 3.05) is 20.1 Å². The van der Waals surface area contributed by atoms with Gasteiger partial charge in [-0.2, -0.15) is 0 Å². The average molecular weight is 233 g/mol. The Morgan fingerprint density at radius 1 is 1.35 bits per heavy atom. The third-order valence-corrected chi connectivity index (χ3v) is 3.31. The molecule has 3 heteroatoms. The molecule has 1 aliphatic heterocycles. The minimum Gasteiger partial charge on any atom is -0.461 e. The van der Waals surface area contributed by atoms with Crippen molar-refractivity contribution in [3.8, 4) is 0 Å². The van der Waals surface area contributed by atoms with Crippen molar-refractivity contribution in [2.24, 2.45) is 0 Å². The van der Waals surface area contributed by atoms with Gasteiger partial charge in [-0.15, -0.1) is 0 Å². The van der Waals surface area contributed by atoms with Crippen molar-refractivity contribution in [3.05, 3.63) is 35.9 Å². The summed E-state index contributed by atoms with van der Waals surface area (Å²) in [6, 6.07) is 10.3. The summed E-state index contributed by atoms with van der Waals surface area (Å²) < 4.78 is 5.45. The maximum Gasteiger partial charge on any atom is 0.302 e. The molecule has 0 aliphatic carbocycles. The largest absolute Gasteiger partial charge is 0.461 e. The van der Waals surface area contributed by atoms with Gasteiger partial charge in [-0.1, -0.05) is 30.3 Å². The lowest BCUT2D eigenvalue weighted by atomic mass is 9.87. The van der Waals surface area contributed by atoms with E-state index in [-0.39, 0.29) is 12.1 Å². The summed E-state index contributed by atoms with van der Waals surface area (Å²) in [5.41, 5.74) is 1.27. The second kappa shape index (κ2) is 5.32. The Morgan fingerprint density at radius 3 is 2.71 bits per heavy atom. The number of carbonyl (C=O) groups is 1. The van der Waals surface area contributed by atoms with Crippen molar-refractivity contribution in [1.82, 2.24) is 4.90 Å². The molecule has 3 nitrogen and oxygen atoms in total. The fraction of sp³-hybridized carbons (Fsp3) is 0.500. The Kier molecular flexibility index (Phi) is 3.79. The summed E-state index contributed by atoms with van der Waals surface area (Å²) in [6.45, 7) is 3.35. The molecule has 0 amide bonds. The normalized spacial score (nSPS) is 25.5. The highest BCUT2D eigenvalue weighted by Crippen LogP contribution is 2.29. The third kappa shape index (κ3) is 3.07. The molecule has 1 fully saturated rings. The average Bonchev–Trinajstić information content (AvgIpc) is 2.29. The lowest BCUT2D eigenvalue weighted by Crippen LogP contribution is -2.42. The Labute approximate surface area is 102 Å². The van der Waals surface area contributed by atoms with Crippen molar-refractivity contribution in [2.45, 2.75) is 25.4 Å². The number of benzene rings is 1.